The van der Waals surface area contributed by atoms with Crippen LogP contribution in [0.4, 0.5) is 0 Å². The number of rotatable bonds is 3. The van der Waals surface area contributed by atoms with E-state index in [9.17, 15) is 10.2 Å². The van der Waals surface area contributed by atoms with Crippen molar-refractivity contribution < 1.29 is 10.2 Å². The number of aliphatic hydroxyl groups is 1. The molecule has 3 nitrogen and oxygen atoms in total. The molecule has 7 atom stereocenters. The maximum atomic E-state index is 11.9. The quantitative estimate of drug-likeness (QED) is 0.449. The fourth-order valence-electron chi connectivity index (χ4n) is 8.64. The molecule has 1 aromatic rings. The summed E-state index contributed by atoms with van der Waals surface area (Å²) in [6.07, 6.45) is 14.3. The minimum atomic E-state index is -0.790. The van der Waals surface area contributed by atoms with E-state index in [1.54, 1.807) is 12.3 Å². The van der Waals surface area contributed by atoms with Crippen molar-refractivity contribution in [1.29, 1.82) is 0 Å². The average molecular weight is 479 g/mol. The normalized spacial score (nSPS) is 43.7. The fourth-order valence-corrected chi connectivity index (χ4v) is 9.15. The van der Waals surface area contributed by atoms with Crippen molar-refractivity contribution in [3.05, 3.63) is 27.7 Å². The largest absolute Gasteiger partial charge is 0.506 e. The number of aliphatic imine (C=N–C) groups is 1. The molecular weight excluding hydrogens is 441 g/mol. The van der Waals surface area contributed by atoms with Gasteiger partial charge in [0.15, 0.2) is 0 Å². The van der Waals surface area contributed by atoms with Gasteiger partial charge in [0.05, 0.1) is 17.2 Å². The highest BCUT2D eigenvalue weighted by Crippen LogP contribution is 2.68. The van der Waals surface area contributed by atoms with E-state index in [0.29, 0.717) is 28.5 Å². The Morgan fingerprint density at radius 2 is 1.78 bits per heavy atom. The molecule has 4 aliphatic rings. The van der Waals surface area contributed by atoms with Crippen LogP contribution in [0.1, 0.15) is 83.6 Å². The highest BCUT2D eigenvalue weighted by atomic mass is 35.5. The number of nitrogens with zero attached hydrogens (tertiary/aromatic N) is 1. The third-order valence-corrected chi connectivity index (χ3v) is 11.1. The second-order valence-corrected chi connectivity index (χ2v) is 12.6. The van der Waals surface area contributed by atoms with Gasteiger partial charge in [-0.2, -0.15) is 0 Å². The Balaban J connectivity index is 1.35. The maximum absolute atomic E-state index is 11.9. The molecule has 0 radical (unpaired) electrons. The zero-order valence-electron chi connectivity index (χ0n) is 19.4. The van der Waals surface area contributed by atoms with Crippen LogP contribution in [0, 0.1) is 34.5 Å². The smallest absolute Gasteiger partial charge is 0.143 e. The third kappa shape index (κ3) is 3.45. The first-order chi connectivity index (χ1) is 15.2. The minimum absolute atomic E-state index is 0.0136. The van der Waals surface area contributed by atoms with Crippen LogP contribution >= 0.6 is 23.2 Å². The number of hydrogen-bond acceptors (Lipinski definition) is 3. The molecule has 5 rings (SSSR count). The molecule has 1 aromatic carbocycles. The van der Waals surface area contributed by atoms with Gasteiger partial charge in [-0.25, -0.2) is 0 Å². The third-order valence-electron chi connectivity index (χ3n) is 10.5. The molecule has 0 bridgehead atoms. The number of phenolic OH excluding ortho intramolecular Hbond substituents is 1. The van der Waals surface area contributed by atoms with Crippen LogP contribution < -0.4 is 0 Å². The van der Waals surface area contributed by atoms with E-state index in [2.05, 4.69) is 18.8 Å². The molecule has 4 saturated carbocycles. The Morgan fingerprint density at radius 1 is 1.00 bits per heavy atom. The molecule has 32 heavy (non-hydrogen) atoms. The Morgan fingerprint density at radius 3 is 2.59 bits per heavy atom. The number of benzene rings is 1. The summed E-state index contributed by atoms with van der Waals surface area (Å²) < 4.78 is 0. The summed E-state index contributed by atoms with van der Waals surface area (Å²) in [6.45, 7) is 5.30. The lowest BCUT2D eigenvalue weighted by Crippen LogP contribution is -2.56. The van der Waals surface area contributed by atoms with Gasteiger partial charge < -0.3 is 10.2 Å². The van der Waals surface area contributed by atoms with E-state index in [4.69, 9.17) is 23.2 Å². The van der Waals surface area contributed by atoms with Crippen molar-refractivity contribution in [2.24, 2.45) is 39.5 Å². The van der Waals surface area contributed by atoms with Crippen LogP contribution in [0.25, 0.3) is 0 Å². The molecule has 0 heterocycles. The van der Waals surface area contributed by atoms with Gasteiger partial charge in [0, 0.05) is 22.2 Å². The van der Waals surface area contributed by atoms with Gasteiger partial charge in [0.1, 0.15) is 5.75 Å². The van der Waals surface area contributed by atoms with E-state index in [1.165, 1.54) is 51.0 Å². The van der Waals surface area contributed by atoms with Crippen LogP contribution in [0.15, 0.2) is 17.1 Å². The van der Waals surface area contributed by atoms with Crippen molar-refractivity contribution >= 4 is 29.4 Å². The predicted octanol–water partition coefficient (Wildman–Crippen LogP) is 7.28. The molecule has 176 valence electrons. The fraction of sp³-hybridized carbons (Fsp3) is 0.741. The van der Waals surface area contributed by atoms with Crippen LogP contribution in [0.5, 0.6) is 5.75 Å². The molecule has 4 fully saturated rings. The summed E-state index contributed by atoms with van der Waals surface area (Å²) in [5, 5.41) is 22.8. The van der Waals surface area contributed by atoms with Gasteiger partial charge >= 0.3 is 0 Å². The second kappa shape index (κ2) is 8.17. The Hall–Kier alpha value is -0.770. The Bertz CT molecular complexity index is 919. The minimum Gasteiger partial charge on any atom is -0.506 e. The summed E-state index contributed by atoms with van der Waals surface area (Å²) >= 11 is 12.1. The van der Waals surface area contributed by atoms with Crippen molar-refractivity contribution in [3.8, 4) is 5.75 Å². The summed E-state index contributed by atoms with van der Waals surface area (Å²) in [6, 6.07) is 3.18. The average Bonchev–Trinajstić information content (AvgIpc) is 3.02. The molecule has 4 aliphatic carbocycles. The van der Waals surface area contributed by atoms with Crippen LogP contribution in [-0.4, -0.2) is 28.6 Å². The first kappa shape index (κ1) is 23.0. The predicted molar refractivity (Wildman–Crippen MR) is 132 cm³/mol. The number of fused-ring (bicyclic) bond motifs is 5. The van der Waals surface area contributed by atoms with Crippen LogP contribution in [0.3, 0.4) is 0 Å². The van der Waals surface area contributed by atoms with E-state index in [-0.39, 0.29) is 16.2 Å². The first-order valence-electron chi connectivity index (χ1n) is 12.6. The lowest BCUT2D eigenvalue weighted by molar-refractivity contribution is -0.147. The second-order valence-electron chi connectivity index (χ2n) is 11.7. The molecule has 0 aliphatic heterocycles. The van der Waals surface area contributed by atoms with Gasteiger partial charge in [0.2, 0.25) is 0 Å². The highest BCUT2D eigenvalue weighted by molar-refractivity contribution is 6.36. The van der Waals surface area contributed by atoms with E-state index in [0.717, 1.165) is 37.0 Å². The van der Waals surface area contributed by atoms with Crippen LogP contribution in [0.2, 0.25) is 10.0 Å². The van der Waals surface area contributed by atoms with E-state index >= 15 is 0 Å². The number of aromatic hydroxyl groups is 1. The molecule has 0 aromatic heterocycles. The van der Waals surface area contributed by atoms with Crippen molar-refractivity contribution in [2.45, 2.75) is 83.7 Å². The molecule has 2 N–H and O–H groups in total. The zero-order chi connectivity index (χ0) is 22.7. The molecular formula is C27H37Cl2NO2. The molecule has 0 amide bonds. The van der Waals surface area contributed by atoms with Gasteiger partial charge in [-0.15, -0.1) is 0 Å². The summed E-state index contributed by atoms with van der Waals surface area (Å²) in [7, 11) is 0. The Kier molecular flexibility index (Phi) is 5.87. The lowest BCUT2D eigenvalue weighted by Gasteiger charge is -2.61. The van der Waals surface area contributed by atoms with Gasteiger partial charge in [-0.1, -0.05) is 49.9 Å². The van der Waals surface area contributed by atoms with Gasteiger partial charge in [-0.05, 0) is 92.6 Å². The number of halogens is 2. The molecule has 5 heteroatoms. The lowest BCUT2D eigenvalue weighted by atomic mass is 9.44. The standard InChI is InChI=1S/C27H37Cl2NO2/c1-25-10-4-3-5-18(25)6-7-20-21(25)8-11-26(2)22(20)9-12-27(26,32)16-30-15-17-13-19(28)14-23(29)24(17)31/h13-15,18,20-22,31-32H,3-12,16H2,1-2H3/t18?,20?,21?,22?,25-,26-,27?/m0/s1. The molecule has 0 saturated heterocycles. The highest BCUT2D eigenvalue weighted by Gasteiger charge is 2.64. The maximum Gasteiger partial charge on any atom is 0.143 e. The summed E-state index contributed by atoms with van der Waals surface area (Å²) in [5.41, 5.74) is 0.141. The van der Waals surface area contributed by atoms with Gasteiger partial charge in [-0.3, -0.25) is 4.99 Å². The van der Waals surface area contributed by atoms with Gasteiger partial charge in [0.25, 0.3) is 0 Å². The number of phenols is 1. The van der Waals surface area contributed by atoms with E-state index in [1.807, 2.05) is 0 Å². The Labute approximate surface area is 202 Å². The zero-order valence-corrected chi connectivity index (χ0v) is 20.9. The number of hydrogen-bond donors (Lipinski definition) is 2. The molecule has 5 unspecified atom stereocenters. The SMILES string of the molecule is C[C@]12CCCCC1CCC1C2CC[C@@]2(C)C1CCC2(O)CN=Cc1cc(Cl)cc(Cl)c1O. The van der Waals surface area contributed by atoms with Crippen molar-refractivity contribution in [1.82, 2.24) is 0 Å². The summed E-state index contributed by atoms with van der Waals surface area (Å²) in [4.78, 5) is 4.61. The van der Waals surface area contributed by atoms with E-state index < -0.39 is 5.60 Å². The summed E-state index contributed by atoms with van der Waals surface area (Å²) in [5.74, 6) is 3.08. The topological polar surface area (TPSA) is 52.8 Å². The van der Waals surface area contributed by atoms with Crippen LogP contribution in [-0.2, 0) is 0 Å². The van der Waals surface area contributed by atoms with Crippen molar-refractivity contribution in [2.75, 3.05) is 6.54 Å². The monoisotopic (exact) mass is 477 g/mol. The van der Waals surface area contributed by atoms with Crippen molar-refractivity contribution in [3.63, 3.8) is 0 Å². The molecule has 0 spiro atoms. The first-order valence-corrected chi connectivity index (χ1v) is 13.3.